The van der Waals surface area contributed by atoms with Crippen LogP contribution in [0, 0.1) is 12.8 Å². The molecule has 5 nitrogen and oxygen atoms in total. The maximum absolute atomic E-state index is 11.8. The summed E-state index contributed by atoms with van der Waals surface area (Å²) in [7, 11) is 0. The van der Waals surface area contributed by atoms with E-state index in [1.807, 2.05) is 45.9 Å². The number of carbonyl (C=O) groups is 1. The molecule has 1 amide bonds. The SMILES string of the molecule is Cc1cccc(CNC(CNC(=O)OC(C)(C)C)C(C)C)c1O. The van der Waals surface area contributed by atoms with Gasteiger partial charge in [0.15, 0.2) is 0 Å². The van der Waals surface area contributed by atoms with E-state index in [0.29, 0.717) is 24.8 Å². The zero-order valence-corrected chi connectivity index (χ0v) is 15.1. The van der Waals surface area contributed by atoms with Crippen LogP contribution in [0.25, 0.3) is 0 Å². The van der Waals surface area contributed by atoms with Gasteiger partial charge in [-0.15, -0.1) is 0 Å². The molecule has 0 aromatic heterocycles. The number of amides is 1. The van der Waals surface area contributed by atoms with Gasteiger partial charge in [0.05, 0.1) is 0 Å². The maximum atomic E-state index is 11.8. The fourth-order valence-corrected chi connectivity index (χ4v) is 2.15. The molecule has 0 radical (unpaired) electrons. The minimum absolute atomic E-state index is 0.0856. The lowest BCUT2D eigenvalue weighted by Crippen LogP contribution is -2.45. The Labute approximate surface area is 139 Å². The van der Waals surface area contributed by atoms with Crippen molar-refractivity contribution in [2.45, 2.75) is 59.7 Å². The Hall–Kier alpha value is -1.75. The van der Waals surface area contributed by atoms with E-state index in [9.17, 15) is 9.90 Å². The van der Waals surface area contributed by atoms with Gasteiger partial charge in [-0.1, -0.05) is 32.0 Å². The number of rotatable bonds is 6. The van der Waals surface area contributed by atoms with E-state index in [2.05, 4.69) is 24.5 Å². The number of alkyl carbamates (subject to hydrolysis) is 1. The fourth-order valence-electron chi connectivity index (χ4n) is 2.15. The Morgan fingerprint density at radius 1 is 1.30 bits per heavy atom. The number of hydrogen-bond donors (Lipinski definition) is 3. The zero-order chi connectivity index (χ0) is 17.6. The molecule has 3 N–H and O–H groups in total. The van der Waals surface area contributed by atoms with Gasteiger partial charge < -0.3 is 20.5 Å². The fraction of sp³-hybridized carbons (Fsp3) is 0.611. The lowest BCUT2D eigenvalue weighted by molar-refractivity contribution is 0.0519. The molecule has 0 bridgehead atoms. The molecule has 0 fully saturated rings. The number of para-hydroxylation sites is 1. The van der Waals surface area contributed by atoms with Crippen LogP contribution < -0.4 is 10.6 Å². The van der Waals surface area contributed by atoms with Gasteiger partial charge in [-0.05, 0) is 39.2 Å². The number of nitrogens with one attached hydrogen (secondary N) is 2. The molecule has 1 rings (SSSR count). The lowest BCUT2D eigenvalue weighted by atomic mass is 10.0. The van der Waals surface area contributed by atoms with Crippen molar-refractivity contribution >= 4 is 6.09 Å². The highest BCUT2D eigenvalue weighted by molar-refractivity contribution is 5.67. The number of aromatic hydroxyl groups is 1. The molecule has 0 aliphatic rings. The predicted octanol–water partition coefficient (Wildman–Crippen LogP) is 3.34. The number of phenols is 1. The van der Waals surface area contributed by atoms with Crippen LogP contribution in [0.4, 0.5) is 4.79 Å². The first kappa shape index (κ1) is 19.3. The van der Waals surface area contributed by atoms with Crippen molar-refractivity contribution in [3.05, 3.63) is 29.3 Å². The van der Waals surface area contributed by atoms with E-state index in [1.165, 1.54) is 0 Å². The highest BCUT2D eigenvalue weighted by Gasteiger charge is 2.19. The van der Waals surface area contributed by atoms with Crippen LogP contribution in [0.15, 0.2) is 18.2 Å². The largest absolute Gasteiger partial charge is 0.507 e. The third-order valence-corrected chi connectivity index (χ3v) is 3.55. The van der Waals surface area contributed by atoms with E-state index in [4.69, 9.17) is 4.74 Å². The third-order valence-electron chi connectivity index (χ3n) is 3.55. The van der Waals surface area contributed by atoms with E-state index < -0.39 is 11.7 Å². The van der Waals surface area contributed by atoms with Gasteiger partial charge in [0.25, 0.3) is 0 Å². The van der Waals surface area contributed by atoms with Crippen LogP contribution in [0.5, 0.6) is 5.75 Å². The smallest absolute Gasteiger partial charge is 0.407 e. The zero-order valence-electron chi connectivity index (χ0n) is 15.1. The molecular weight excluding hydrogens is 292 g/mol. The molecule has 0 aliphatic heterocycles. The average Bonchev–Trinajstić information content (AvgIpc) is 2.40. The minimum Gasteiger partial charge on any atom is -0.507 e. The summed E-state index contributed by atoms with van der Waals surface area (Å²) in [6.07, 6.45) is -0.414. The molecule has 0 spiro atoms. The maximum Gasteiger partial charge on any atom is 0.407 e. The Balaban J connectivity index is 2.56. The summed E-state index contributed by atoms with van der Waals surface area (Å²) in [6.45, 7) is 12.6. The van der Waals surface area contributed by atoms with Gasteiger partial charge >= 0.3 is 6.09 Å². The number of aryl methyl sites for hydroxylation is 1. The summed E-state index contributed by atoms with van der Waals surface area (Å²) < 4.78 is 5.25. The van der Waals surface area contributed by atoms with E-state index in [0.717, 1.165) is 11.1 Å². The van der Waals surface area contributed by atoms with Gasteiger partial charge in [0.1, 0.15) is 11.4 Å². The summed E-state index contributed by atoms with van der Waals surface area (Å²) in [5.74, 6) is 0.652. The summed E-state index contributed by atoms with van der Waals surface area (Å²) >= 11 is 0. The second-order valence-corrected chi connectivity index (χ2v) is 7.20. The standard InChI is InChI=1S/C18H30N2O3/c1-12(2)15(11-20-17(22)23-18(4,5)6)19-10-14-9-7-8-13(3)16(14)21/h7-9,12,15,19,21H,10-11H2,1-6H3,(H,20,22). The highest BCUT2D eigenvalue weighted by Crippen LogP contribution is 2.21. The number of carbonyl (C=O) groups excluding carboxylic acids is 1. The first-order chi connectivity index (χ1) is 10.6. The van der Waals surface area contributed by atoms with Gasteiger partial charge in [-0.25, -0.2) is 4.79 Å². The van der Waals surface area contributed by atoms with Crippen molar-refractivity contribution in [3.63, 3.8) is 0 Å². The van der Waals surface area contributed by atoms with Crippen LogP contribution in [-0.2, 0) is 11.3 Å². The van der Waals surface area contributed by atoms with Crippen LogP contribution >= 0.6 is 0 Å². The first-order valence-electron chi connectivity index (χ1n) is 8.08. The number of benzene rings is 1. The Bertz CT molecular complexity index is 521. The Kier molecular flexibility index (Phi) is 6.88. The number of ether oxygens (including phenoxy) is 1. The van der Waals surface area contributed by atoms with Crippen LogP contribution in [-0.4, -0.2) is 29.4 Å². The third kappa shape index (κ3) is 6.91. The second-order valence-electron chi connectivity index (χ2n) is 7.20. The van der Waals surface area contributed by atoms with Crippen molar-refractivity contribution in [1.29, 1.82) is 0 Å². The molecule has 0 aliphatic carbocycles. The molecule has 0 heterocycles. The summed E-state index contributed by atoms with van der Waals surface area (Å²) in [5, 5.41) is 16.3. The van der Waals surface area contributed by atoms with Crippen molar-refractivity contribution in [2.24, 2.45) is 5.92 Å². The number of hydrogen-bond acceptors (Lipinski definition) is 4. The van der Waals surface area contributed by atoms with Crippen molar-refractivity contribution in [2.75, 3.05) is 6.54 Å². The Morgan fingerprint density at radius 3 is 2.52 bits per heavy atom. The van der Waals surface area contributed by atoms with Crippen LogP contribution in [0.1, 0.15) is 45.7 Å². The average molecular weight is 322 g/mol. The van der Waals surface area contributed by atoms with Crippen molar-refractivity contribution in [3.8, 4) is 5.75 Å². The van der Waals surface area contributed by atoms with Gasteiger partial charge in [0, 0.05) is 24.7 Å². The molecule has 1 unspecified atom stereocenters. The number of phenolic OH excluding ortho intramolecular Hbond substituents is 1. The Morgan fingerprint density at radius 2 is 1.96 bits per heavy atom. The topological polar surface area (TPSA) is 70.6 Å². The van der Waals surface area contributed by atoms with Gasteiger partial charge in [0.2, 0.25) is 0 Å². The molecule has 1 aromatic carbocycles. The van der Waals surface area contributed by atoms with Gasteiger partial charge in [-0.2, -0.15) is 0 Å². The van der Waals surface area contributed by atoms with Gasteiger partial charge in [-0.3, -0.25) is 0 Å². The first-order valence-corrected chi connectivity index (χ1v) is 8.08. The molecule has 1 atom stereocenters. The highest BCUT2D eigenvalue weighted by atomic mass is 16.6. The summed E-state index contributed by atoms with van der Waals surface area (Å²) in [4.78, 5) is 11.8. The summed E-state index contributed by atoms with van der Waals surface area (Å²) in [5.41, 5.74) is 1.21. The molecule has 0 saturated carbocycles. The molecular formula is C18H30N2O3. The molecule has 0 saturated heterocycles. The van der Waals surface area contributed by atoms with E-state index in [1.54, 1.807) is 0 Å². The second kappa shape index (κ2) is 8.20. The van der Waals surface area contributed by atoms with Crippen LogP contribution in [0.3, 0.4) is 0 Å². The minimum atomic E-state index is -0.502. The van der Waals surface area contributed by atoms with E-state index in [-0.39, 0.29) is 6.04 Å². The van der Waals surface area contributed by atoms with Crippen LogP contribution in [0.2, 0.25) is 0 Å². The monoisotopic (exact) mass is 322 g/mol. The quantitative estimate of drug-likeness (QED) is 0.751. The lowest BCUT2D eigenvalue weighted by Gasteiger charge is -2.25. The van der Waals surface area contributed by atoms with Crippen molar-refractivity contribution in [1.82, 2.24) is 10.6 Å². The predicted molar refractivity (Wildman–Crippen MR) is 92.5 cm³/mol. The van der Waals surface area contributed by atoms with Crippen molar-refractivity contribution < 1.29 is 14.6 Å². The molecule has 5 heteroatoms. The normalized spacial score (nSPS) is 13.0. The molecule has 23 heavy (non-hydrogen) atoms. The molecule has 130 valence electrons. The molecule has 1 aromatic rings. The summed E-state index contributed by atoms with van der Waals surface area (Å²) in [6, 6.07) is 5.79. The van der Waals surface area contributed by atoms with E-state index >= 15 is 0 Å².